The van der Waals surface area contributed by atoms with Crippen LogP contribution >= 0.6 is 11.8 Å². The molecule has 124 valence electrons. The van der Waals surface area contributed by atoms with Crippen molar-refractivity contribution in [3.8, 4) is 0 Å². The molecule has 1 aromatic heterocycles. The summed E-state index contributed by atoms with van der Waals surface area (Å²) in [5.41, 5.74) is -0.188. The second-order valence-corrected chi connectivity index (χ2v) is 7.66. The summed E-state index contributed by atoms with van der Waals surface area (Å²) in [6.45, 7) is 9.04. The Labute approximate surface area is 139 Å². The summed E-state index contributed by atoms with van der Waals surface area (Å²) in [4.78, 5) is 18.9. The molecule has 4 nitrogen and oxygen atoms in total. The molecule has 0 saturated heterocycles. The largest absolute Gasteiger partial charge is 0.350 e. The number of amides is 1. The van der Waals surface area contributed by atoms with Crippen LogP contribution in [0.3, 0.4) is 0 Å². The van der Waals surface area contributed by atoms with E-state index in [0.717, 1.165) is 30.2 Å². The molecular formula is C17H29N3OS. The Morgan fingerprint density at radius 2 is 2.14 bits per heavy atom. The lowest BCUT2D eigenvalue weighted by Crippen LogP contribution is -2.51. The fourth-order valence-corrected chi connectivity index (χ4v) is 3.06. The van der Waals surface area contributed by atoms with Gasteiger partial charge in [0.2, 0.25) is 5.91 Å². The number of likely N-dealkylation sites (N-methyl/N-ethyl adjacent to an activating group) is 1. The first kappa shape index (κ1) is 19.0. The fraction of sp³-hybridized carbons (Fsp3) is 0.647. The van der Waals surface area contributed by atoms with Crippen molar-refractivity contribution in [1.29, 1.82) is 0 Å². The standard InChI is InChI=1S/C17H29N3OS/c1-6-9-14(16(21)19-17(2,3)4)20(5)12-13-22-15-10-7-8-11-18-15/h7-8,10-11,14H,6,9,12-13H2,1-5H3,(H,19,21). The van der Waals surface area contributed by atoms with Gasteiger partial charge in [0.25, 0.3) is 0 Å². The van der Waals surface area contributed by atoms with E-state index in [1.54, 1.807) is 11.8 Å². The second kappa shape index (κ2) is 9.16. The van der Waals surface area contributed by atoms with E-state index in [-0.39, 0.29) is 17.5 Å². The quantitative estimate of drug-likeness (QED) is 0.746. The van der Waals surface area contributed by atoms with Gasteiger partial charge in [0, 0.05) is 24.0 Å². The molecule has 0 aliphatic carbocycles. The van der Waals surface area contributed by atoms with Gasteiger partial charge in [0.15, 0.2) is 0 Å². The van der Waals surface area contributed by atoms with Gasteiger partial charge < -0.3 is 5.32 Å². The molecule has 1 aromatic rings. The monoisotopic (exact) mass is 323 g/mol. The van der Waals surface area contributed by atoms with Crippen molar-refractivity contribution < 1.29 is 4.79 Å². The third kappa shape index (κ3) is 7.27. The van der Waals surface area contributed by atoms with Gasteiger partial charge in [-0.2, -0.15) is 0 Å². The van der Waals surface area contributed by atoms with Gasteiger partial charge in [-0.1, -0.05) is 19.4 Å². The summed E-state index contributed by atoms with van der Waals surface area (Å²) in [7, 11) is 2.03. The van der Waals surface area contributed by atoms with Crippen LogP contribution in [0, 0.1) is 0 Å². The number of carbonyl (C=O) groups excluding carboxylic acids is 1. The SMILES string of the molecule is CCCC(C(=O)NC(C)(C)C)N(C)CCSc1ccccn1. The van der Waals surface area contributed by atoms with Crippen molar-refractivity contribution in [2.75, 3.05) is 19.3 Å². The molecule has 22 heavy (non-hydrogen) atoms. The van der Waals surface area contributed by atoms with Gasteiger partial charge in [0.05, 0.1) is 11.1 Å². The molecule has 0 aromatic carbocycles. The van der Waals surface area contributed by atoms with Crippen LogP contribution in [0.1, 0.15) is 40.5 Å². The van der Waals surface area contributed by atoms with E-state index in [0.29, 0.717) is 0 Å². The molecule has 1 heterocycles. The van der Waals surface area contributed by atoms with E-state index < -0.39 is 0 Å². The maximum Gasteiger partial charge on any atom is 0.237 e. The first-order valence-corrected chi connectivity index (χ1v) is 8.88. The van der Waals surface area contributed by atoms with E-state index in [9.17, 15) is 4.79 Å². The third-order valence-electron chi connectivity index (χ3n) is 3.23. The summed E-state index contributed by atoms with van der Waals surface area (Å²) in [6.07, 6.45) is 3.69. The van der Waals surface area contributed by atoms with Gasteiger partial charge in [0.1, 0.15) is 0 Å². The number of rotatable bonds is 8. The maximum absolute atomic E-state index is 12.5. The average Bonchev–Trinajstić information content (AvgIpc) is 2.43. The highest BCUT2D eigenvalue weighted by Crippen LogP contribution is 2.15. The minimum atomic E-state index is -0.188. The van der Waals surface area contributed by atoms with E-state index in [2.05, 4.69) is 22.1 Å². The summed E-state index contributed by atoms with van der Waals surface area (Å²) in [5.74, 6) is 1.05. The molecule has 0 fully saturated rings. The molecule has 1 amide bonds. The fourth-order valence-electron chi connectivity index (χ4n) is 2.16. The van der Waals surface area contributed by atoms with Gasteiger partial charge in [-0.3, -0.25) is 9.69 Å². The number of nitrogens with zero attached hydrogens (tertiary/aromatic N) is 2. The Bertz CT molecular complexity index is 445. The van der Waals surface area contributed by atoms with Crippen LogP contribution in [0.5, 0.6) is 0 Å². The van der Waals surface area contributed by atoms with Crippen molar-refractivity contribution >= 4 is 17.7 Å². The Balaban J connectivity index is 2.50. The molecule has 1 N–H and O–H groups in total. The summed E-state index contributed by atoms with van der Waals surface area (Å²) in [5, 5.41) is 4.12. The smallest absolute Gasteiger partial charge is 0.237 e. The minimum absolute atomic E-state index is 0.0615. The van der Waals surface area contributed by atoms with Crippen LogP contribution in [0.25, 0.3) is 0 Å². The Morgan fingerprint density at radius 3 is 2.68 bits per heavy atom. The number of carbonyl (C=O) groups is 1. The summed E-state index contributed by atoms with van der Waals surface area (Å²) in [6, 6.07) is 5.87. The molecule has 1 atom stereocenters. The normalized spacial score (nSPS) is 13.2. The van der Waals surface area contributed by atoms with Gasteiger partial charge in [-0.15, -0.1) is 11.8 Å². The van der Waals surface area contributed by atoms with Crippen molar-refractivity contribution in [1.82, 2.24) is 15.2 Å². The van der Waals surface area contributed by atoms with Crippen LogP contribution in [0.2, 0.25) is 0 Å². The predicted molar refractivity (Wildman–Crippen MR) is 94.2 cm³/mol. The number of thioether (sulfide) groups is 1. The first-order valence-electron chi connectivity index (χ1n) is 7.89. The van der Waals surface area contributed by atoms with E-state index in [1.165, 1.54) is 0 Å². The zero-order chi connectivity index (χ0) is 16.6. The highest BCUT2D eigenvalue weighted by molar-refractivity contribution is 7.99. The van der Waals surface area contributed by atoms with E-state index in [4.69, 9.17) is 0 Å². The van der Waals surface area contributed by atoms with Crippen LogP contribution in [0.15, 0.2) is 29.4 Å². The van der Waals surface area contributed by atoms with Gasteiger partial charge in [-0.25, -0.2) is 4.98 Å². The number of pyridine rings is 1. The Morgan fingerprint density at radius 1 is 1.41 bits per heavy atom. The molecule has 0 aliphatic rings. The molecule has 1 unspecified atom stereocenters. The van der Waals surface area contributed by atoms with Gasteiger partial charge >= 0.3 is 0 Å². The zero-order valence-electron chi connectivity index (χ0n) is 14.4. The number of aromatic nitrogens is 1. The van der Waals surface area contributed by atoms with Crippen LogP contribution in [-0.2, 0) is 4.79 Å². The average molecular weight is 324 g/mol. The molecule has 0 bridgehead atoms. The molecule has 0 saturated carbocycles. The number of hydrogen-bond donors (Lipinski definition) is 1. The first-order chi connectivity index (χ1) is 10.3. The number of nitrogens with one attached hydrogen (secondary N) is 1. The van der Waals surface area contributed by atoms with Crippen LogP contribution < -0.4 is 5.32 Å². The van der Waals surface area contributed by atoms with Crippen molar-refractivity contribution in [3.63, 3.8) is 0 Å². The lowest BCUT2D eigenvalue weighted by Gasteiger charge is -2.30. The zero-order valence-corrected chi connectivity index (χ0v) is 15.2. The van der Waals surface area contributed by atoms with Crippen LogP contribution in [0.4, 0.5) is 0 Å². The Kier molecular flexibility index (Phi) is 7.90. The highest BCUT2D eigenvalue weighted by Gasteiger charge is 2.25. The summed E-state index contributed by atoms with van der Waals surface area (Å²) >= 11 is 1.72. The third-order valence-corrected chi connectivity index (χ3v) is 4.15. The van der Waals surface area contributed by atoms with Crippen LogP contribution in [-0.4, -0.2) is 46.7 Å². The number of hydrogen-bond acceptors (Lipinski definition) is 4. The lowest BCUT2D eigenvalue weighted by molar-refractivity contribution is -0.127. The lowest BCUT2D eigenvalue weighted by atomic mass is 10.1. The van der Waals surface area contributed by atoms with Crippen molar-refractivity contribution in [2.45, 2.75) is 57.1 Å². The molecule has 0 aliphatic heterocycles. The highest BCUT2D eigenvalue weighted by atomic mass is 32.2. The van der Waals surface area contributed by atoms with Gasteiger partial charge in [-0.05, 0) is 46.4 Å². The molecule has 1 rings (SSSR count). The second-order valence-electron chi connectivity index (χ2n) is 6.54. The molecular weight excluding hydrogens is 294 g/mol. The Hall–Kier alpha value is -1.07. The molecule has 5 heteroatoms. The van der Waals surface area contributed by atoms with E-state index >= 15 is 0 Å². The predicted octanol–water partition coefficient (Wildman–Crippen LogP) is 3.19. The molecule has 0 spiro atoms. The maximum atomic E-state index is 12.5. The summed E-state index contributed by atoms with van der Waals surface area (Å²) < 4.78 is 0. The van der Waals surface area contributed by atoms with Crippen molar-refractivity contribution in [3.05, 3.63) is 24.4 Å². The topological polar surface area (TPSA) is 45.2 Å². The van der Waals surface area contributed by atoms with E-state index in [1.807, 2.05) is 52.2 Å². The molecule has 0 radical (unpaired) electrons. The minimum Gasteiger partial charge on any atom is -0.350 e. The van der Waals surface area contributed by atoms with Crippen molar-refractivity contribution in [2.24, 2.45) is 0 Å².